The van der Waals surface area contributed by atoms with Gasteiger partial charge in [0.15, 0.2) is 0 Å². The van der Waals surface area contributed by atoms with Gasteiger partial charge in [-0.1, -0.05) is 6.07 Å². The largest absolute Gasteiger partial charge is 0.307 e. The van der Waals surface area contributed by atoms with Crippen molar-refractivity contribution in [2.24, 2.45) is 0 Å². The van der Waals surface area contributed by atoms with Gasteiger partial charge >= 0.3 is 0 Å². The number of pyridine rings is 1. The number of hydrogen-bond donors (Lipinski definition) is 0. The Labute approximate surface area is 80.1 Å². The van der Waals surface area contributed by atoms with Crippen molar-refractivity contribution in [1.29, 1.82) is 5.26 Å². The smallest absolute Gasteiger partial charge is 0.291 e. The predicted molar refractivity (Wildman–Crippen MR) is 50.9 cm³/mol. The van der Waals surface area contributed by atoms with Crippen LogP contribution in [0.5, 0.6) is 0 Å². The molecule has 2 heterocycles. The van der Waals surface area contributed by atoms with E-state index in [4.69, 9.17) is 5.26 Å². The zero-order valence-corrected chi connectivity index (χ0v) is 7.56. The highest BCUT2D eigenvalue weighted by Gasteiger charge is 2.03. The Morgan fingerprint density at radius 3 is 3.07 bits per heavy atom. The number of aromatic nitrogens is 2. The van der Waals surface area contributed by atoms with E-state index < -0.39 is 5.56 Å². The number of hydrogen-bond acceptors (Lipinski definition) is 3. The van der Waals surface area contributed by atoms with Crippen LogP contribution in [0.4, 0.5) is 0 Å². The first-order chi connectivity index (χ1) is 6.72. The van der Waals surface area contributed by atoms with Crippen molar-refractivity contribution in [2.75, 3.05) is 0 Å². The summed E-state index contributed by atoms with van der Waals surface area (Å²) in [5.74, 6) is 0. The maximum Gasteiger partial charge on any atom is 0.291 e. The van der Waals surface area contributed by atoms with Crippen LogP contribution in [-0.2, 0) is 0 Å². The molecule has 0 aliphatic carbocycles. The lowest BCUT2D eigenvalue weighted by molar-refractivity contribution is 1.05. The summed E-state index contributed by atoms with van der Waals surface area (Å²) in [6.07, 6.45) is 3.26. The van der Waals surface area contributed by atoms with Crippen molar-refractivity contribution in [1.82, 2.24) is 9.38 Å². The van der Waals surface area contributed by atoms with Crippen LogP contribution in [0.2, 0.25) is 0 Å². The summed E-state index contributed by atoms with van der Waals surface area (Å²) in [6, 6.07) is 5.52. The molecular formula is C10H7N3O. The Hall–Kier alpha value is -2.15. The molecule has 2 aromatic heterocycles. The number of nitriles is 1. The molecule has 14 heavy (non-hydrogen) atoms. The quantitative estimate of drug-likeness (QED) is 0.612. The molecule has 4 nitrogen and oxygen atoms in total. The van der Waals surface area contributed by atoms with Crippen LogP contribution >= 0.6 is 0 Å². The lowest BCUT2D eigenvalue weighted by Crippen LogP contribution is -2.13. The van der Waals surface area contributed by atoms with Crippen molar-refractivity contribution in [2.45, 2.75) is 6.92 Å². The number of fused-ring (bicyclic) bond motifs is 1. The van der Waals surface area contributed by atoms with Gasteiger partial charge in [-0.25, -0.2) is 0 Å². The van der Waals surface area contributed by atoms with Crippen molar-refractivity contribution in [3.8, 4) is 6.07 Å². The van der Waals surface area contributed by atoms with Crippen LogP contribution in [-0.4, -0.2) is 9.38 Å². The number of aryl methyl sites for hydroxylation is 1. The summed E-state index contributed by atoms with van der Waals surface area (Å²) in [5.41, 5.74) is 1.10. The van der Waals surface area contributed by atoms with Crippen molar-refractivity contribution in [3.05, 3.63) is 46.0 Å². The lowest BCUT2D eigenvalue weighted by Gasteiger charge is -2.01. The molecule has 4 heteroatoms. The molecule has 0 aliphatic heterocycles. The molecule has 0 radical (unpaired) electrons. The molecule has 0 aromatic carbocycles. The second kappa shape index (κ2) is 2.96. The first kappa shape index (κ1) is 8.45. The summed E-state index contributed by atoms with van der Waals surface area (Å²) in [4.78, 5) is 15.1. The molecule has 0 atom stereocenters. The molecule has 0 spiro atoms. The normalized spacial score (nSPS) is 10.0. The Morgan fingerprint density at radius 2 is 2.36 bits per heavy atom. The fraction of sp³-hybridized carbons (Fsp3) is 0.100. The summed E-state index contributed by atoms with van der Waals surface area (Å²) < 4.78 is 1.68. The van der Waals surface area contributed by atoms with E-state index in [0.717, 1.165) is 5.56 Å². The van der Waals surface area contributed by atoms with Crippen LogP contribution in [0.15, 0.2) is 29.3 Å². The van der Waals surface area contributed by atoms with Crippen LogP contribution in [0, 0.1) is 18.3 Å². The molecule has 0 N–H and O–H groups in total. The highest BCUT2D eigenvalue weighted by atomic mass is 16.1. The van der Waals surface area contributed by atoms with Gasteiger partial charge in [0, 0.05) is 12.4 Å². The van der Waals surface area contributed by atoms with Gasteiger partial charge in [0.2, 0.25) is 0 Å². The summed E-state index contributed by atoms with van der Waals surface area (Å²) in [6.45, 7) is 1.87. The second-order valence-electron chi connectivity index (χ2n) is 2.99. The van der Waals surface area contributed by atoms with Gasteiger partial charge in [0.25, 0.3) is 5.56 Å². The van der Waals surface area contributed by atoms with Gasteiger partial charge in [0.1, 0.15) is 17.3 Å². The van der Waals surface area contributed by atoms with Gasteiger partial charge in [0.05, 0.1) is 0 Å². The Bertz CT molecular complexity index is 592. The van der Waals surface area contributed by atoms with Crippen LogP contribution in [0.3, 0.4) is 0 Å². The van der Waals surface area contributed by atoms with E-state index in [1.807, 2.05) is 25.1 Å². The minimum atomic E-state index is -0.471. The Kier molecular flexibility index (Phi) is 1.79. The van der Waals surface area contributed by atoms with Crippen LogP contribution in [0.25, 0.3) is 5.65 Å². The molecule has 0 fully saturated rings. The topological polar surface area (TPSA) is 58.2 Å². The maximum absolute atomic E-state index is 11.3. The fourth-order valence-electron chi connectivity index (χ4n) is 1.31. The third kappa shape index (κ3) is 1.15. The zero-order valence-electron chi connectivity index (χ0n) is 7.56. The third-order valence-electron chi connectivity index (χ3n) is 2.02. The van der Waals surface area contributed by atoms with Crippen LogP contribution in [0.1, 0.15) is 11.1 Å². The lowest BCUT2D eigenvalue weighted by atomic mass is 10.3. The molecule has 0 bridgehead atoms. The van der Waals surface area contributed by atoms with Gasteiger partial charge in [-0.15, -0.1) is 0 Å². The van der Waals surface area contributed by atoms with Gasteiger partial charge in [-0.05, 0) is 18.6 Å². The third-order valence-corrected chi connectivity index (χ3v) is 2.02. The summed E-state index contributed by atoms with van der Waals surface area (Å²) in [7, 11) is 0. The zero-order chi connectivity index (χ0) is 10.1. The number of nitrogens with zero attached hydrogens (tertiary/aromatic N) is 3. The predicted octanol–water partition coefficient (Wildman–Crippen LogP) is 0.875. The summed E-state index contributed by atoms with van der Waals surface area (Å²) >= 11 is 0. The molecule has 0 amide bonds. The van der Waals surface area contributed by atoms with E-state index >= 15 is 0 Å². The van der Waals surface area contributed by atoms with Gasteiger partial charge in [-0.3, -0.25) is 4.79 Å². The minimum Gasteiger partial charge on any atom is -0.307 e. The van der Waals surface area contributed by atoms with Crippen LogP contribution < -0.4 is 5.56 Å². The molecule has 68 valence electrons. The summed E-state index contributed by atoms with van der Waals surface area (Å²) in [5, 5.41) is 8.64. The molecule has 2 aromatic rings. The average molecular weight is 185 g/mol. The molecule has 0 saturated carbocycles. The van der Waals surface area contributed by atoms with E-state index in [9.17, 15) is 4.79 Å². The maximum atomic E-state index is 11.3. The van der Waals surface area contributed by atoms with Crippen molar-refractivity contribution >= 4 is 5.65 Å². The van der Waals surface area contributed by atoms with E-state index in [0.29, 0.717) is 5.65 Å². The van der Waals surface area contributed by atoms with E-state index in [1.54, 1.807) is 10.6 Å². The number of rotatable bonds is 0. The molecule has 0 aliphatic rings. The average Bonchev–Trinajstić information content (AvgIpc) is 2.19. The van der Waals surface area contributed by atoms with Crippen molar-refractivity contribution < 1.29 is 0 Å². The highest BCUT2D eigenvalue weighted by molar-refractivity contribution is 5.47. The monoisotopic (exact) mass is 185 g/mol. The SMILES string of the molecule is Cc1cccn2cc(C#N)c(=O)nc12. The van der Waals surface area contributed by atoms with Gasteiger partial charge < -0.3 is 4.40 Å². The minimum absolute atomic E-state index is 0.0631. The van der Waals surface area contributed by atoms with Crippen molar-refractivity contribution in [3.63, 3.8) is 0 Å². The molecule has 2 rings (SSSR count). The fourth-order valence-corrected chi connectivity index (χ4v) is 1.31. The Balaban J connectivity index is 2.95. The standard InChI is InChI=1S/C10H7N3O/c1-7-3-2-4-13-6-8(5-11)10(14)12-9(7)13/h2-4,6H,1H3. The van der Waals surface area contributed by atoms with E-state index in [1.165, 1.54) is 6.20 Å². The molecule has 0 unspecified atom stereocenters. The first-order valence-electron chi connectivity index (χ1n) is 4.11. The Morgan fingerprint density at radius 1 is 1.57 bits per heavy atom. The van der Waals surface area contributed by atoms with Gasteiger partial charge in [-0.2, -0.15) is 10.2 Å². The molecular weight excluding hydrogens is 178 g/mol. The van der Waals surface area contributed by atoms with E-state index in [-0.39, 0.29) is 5.56 Å². The highest BCUT2D eigenvalue weighted by Crippen LogP contribution is 2.04. The molecule has 0 saturated heterocycles. The van der Waals surface area contributed by atoms with E-state index in [2.05, 4.69) is 4.98 Å². The first-order valence-corrected chi connectivity index (χ1v) is 4.11. The second-order valence-corrected chi connectivity index (χ2v) is 2.99.